The molecule has 1 aliphatic rings. The fraction of sp³-hybridized carbons (Fsp3) is 0.105. The van der Waals surface area contributed by atoms with Gasteiger partial charge in [0.25, 0.3) is 11.1 Å². The third kappa shape index (κ3) is 4.48. The molecule has 7 nitrogen and oxygen atoms in total. The lowest BCUT2D eigenvalue weighted by molar-refractivity contribution is -0.127. The minimum Gasteiger partial charge on any atom is -0.508 e. The van der Waals surface area contributed by atoms with Crippen LogP contribution in [0.15, 0.2) is 53.4 Å². The number of imide groups is 1. The third-order valence-corrected chi connectivity index (χ3v) is 4.65. The van der Waals surface area contributed by atoms with Crippen LogP contribution in [0, 0.1) is 0 Å². The Hall–Kier alpha value is -3.26. The Bertz CT molecular complexity index is 907. The molecule has 0 aromatic heterocycles. The van der Waals surface area contributed by atoms with Crippen molar-refractivity contribution in [1.29, 1.82) is 0 Å². The number of aromatic hydroxyl groups is 1. The number of benzene rings is 2. The first-order valence-corrected chi connectivity index (χ1v) is 8.76. The molecule has 0 saturated carbocycles. The number of hydrogen-bond donors (Lipinski definition) is 2. The summed E-state index contributed by atoms with van der Waals surface area (Å²) in [5.74, 6) is -0.260. The van der Waals surface area contributed by atoms with Gasteiger partial charge in [0.1, 0.15) is 18.0 Å². The Kier molecular flexibility index (Phi) is 5.46. The van der Waals surface area contributed by atoms with Crippen LogP contribution in [-0.4, -0.2) is 40.7 Å². The van der Waals surface area contributed by atoms with Crippen LogP contribution in [0.1, 0.15) is 5.56 Å². The molecule has 0 atom stereocenters. The molecular formula is C19H16N2O5S. The summed E-state index contributed by atoms with van der Waals surface area (Å²) in [6.45, 7) is -0.383. The van der Waals surface area contributed by atoms with Crippen LogP contribution in [0.5, 0.6) is 11.5 Å². The van der Waals surface area contributed by atoms with Gasteiger partial charge in [-0.15, -0.1) is 0 Å². The molecule has 2 N–H and O–H groups in total. The number of rotatable bonds is 5. The van der Waals surface area contributed by atoms with E-state index in [1.165, 1.54) is 24.3 Å². The van der Waals surface area contributed by atoms with Gasteiger partial charge >= 0.3 is 0 Å². The summed E-state index contributed by atoms with van der Waals surface area (Å²) in [4.78, 5) is 37.8. The molecule has 1 saturated heterocycles. The molecule has 0 unspecified atom stereocenters. The van der Waals surface area contributed by atoms with Gasteiger partial charge in [0, 0.05) is 5.69 Å². The van der Waals surface area contributed by atoms with Gasteiger partial charge in [0.15, 0.2) is 0 Å². The number of nitrogens with zero attached hydrogens (tertiary/aromatic N) is 1. The number of amides is 3. The zero-order valence-corrected chi connectivity index (χ0v) is 15.2. The predicted octanol–water partition coefficient (Wildman–Crippen LogP) is 3.08. The summed E-state index contributed by atoms with van der Waals surface area (Å²) in [5, 5.41) is 11.3. The fourth-order valence-corrected chi connectivity index (χ4v) is 3.21. The minimum atomic E-state index is -0.512. The van der Waals surface area contributed by atoms with Crippen LogP contribution in [0.3, 0.4) is 0 Å². The second-order valence-corrected chi connectivity index (χ2v) is 6.63. The first-order valence-electron chi connectivity index (χ1n) is 7.94. The van der Waals surface area contributed by atoms with Gasteiger partial charge in [-0.25, -0.2) is 0 Å². The largest absolute Gasteiger partial charge is 0.508 e. The monoisotopic (exact) mass is 384 g/mol. The first kappa shape index (κ1) is 18.5. The lowest BCUT2D eigenvalue weighted by Crippen LogP contribution is -2.36. The van der Waals surface area contributed by atoms with Crippen molar-refractivity contribution < 1.29 is 24.2 Å². The van der Waals surface area contributed by atoms with Crippen molar-refractivity contribution in [2.75, 3.05) is 19.0 Å². The van der Waals surface area contributed by atoms with E-state index in [0.717, 1.165) is 22.2 Å². The maximum absolute atomic E-state index is 12.5. The number of phenolic OH excluding ortho intramolecular Hbond substituents is 1. The zero-order valence-electron chi connectivity index (χ0n) is 14.3. The van der Waals surface area contributed by atoms with Crippen molar-refractivity contribution in [2.45, 2.75) is 0 Å². The molecule has 0 aliphatic carbocycles. The van der Waals surface area contributed by atoms with Crippen LogP contribution in [0.2, 0.25) is 0 Å². The highest BCUT2D eigenvalue weighted by molar-refractivity contribution is 8.18. The van der Waals surface area contributed by atoms with Gasteiger partial charge in [-0.1, -0.05) is 12.1 Å². The Morgan fingerprint density at radius 1 is 1.15 bits per heavy atom. The standard InChI is InChI=1S/C19H16N2O5S/c1-26-15-8-2-12(3-9-15)10-16-18(24)21(19(25)27-16)11-17(23)20-13-4-6-14(22)7-5-13/h2-10,22H,11H2,1H3,(H,20,23)/b16-10-. The number of anilines is 1. The fourth-order valence-electron chi connectivity index (χ4n) is 2.38. The summed E-state index contributed by atoms with van der Waals surface area (Å²) in [5.41, 5.74) is 1.20. The quantitative estimate of drug-likeness (QED) is 0.608. The summed E-state index contributed by atoms with van der Waals surface area (Å²) < 4.78 is 5.08. The minimum absolute atomic E-state index is 0.0719. The topological polar surface area (TPSA) is 95.9 Å². The van der Waals surface area contributed by atoms with Crippen molar-refractivity contribution in [1.82, 2.24) is 4.90 Å². The average Bonchev–Trinajstić information content (AvgIpc) is 2.91. The molecule has 3 rings (SSSR count). The molecule has 1 fully saturated rings. The molecule has 0 spiro atoms. The van der Waals surface area contributed by atoms with Crippen molar-refractivity contribution in [3.63, 3.8) is 0 Å². The van der Waals surface area contributed by atoms with Crippen molar-refractivity contribution in [3.05, 3.63) is 59.0 Å². The lowest BCUT2D eigenvalue weighted by Gasteiger charge is -2.12. The van der Waals surface area contributed by atoms with Gasteiger partial charge in [0.2, 0.25) is 5.91 Å². The number of nitrogens with one attached hydrogen (secondary N) is 1. The van der Waals surface area contributed by atoms with E-state index in [2.05, 4.69) is 5.32 Å². The molecule has 1 heterocycles. The molecule has 3 amide bonds. The Labute approximate surface area is 159 Å². The van der Waals surface area contributed by atoms with E-state index in [9.17, 15) is 19.5 Å². The maximum Gasteiger partial charge on any atom is 0.294 e. The first-order chi connectivity index (χ1) is 13.0. The molecule has 2 aromatic rings. The maximum atomic E-state index is 12.5. The van der Waals surface area contributed by atoms with Crippen molar-refractivity contribution >= 4 is 40.6 Å². The summed E-state index contributed by atoms with van der Waals surface area (Å²) in [6, 6.07) is 12.9. The average molecular weight is 384 g/mol. The van der Waals surface area contributed by atoms with Crippen molar-refractivity contribution in [3.8, 4) is 11.5 Å². The van der Waals surface area contributed by atoms with E-state index in [1.54, 1.807) is 37.5 Å². The number of phenols is 1. The second-order valence-electron chi connectivity index (χ2n) is 5.64. The summed E-state index contributed by atoms with van der Waals surface area (Å²) in [6.07, 6.45) is 1.60. The van der Waals surface area contributed by atoms with Gasteiger partial charge in [0.05, 0.1) is 12.0 Å². The predicted molar refractivity (Wildman–Crippen MR) is 102 cm³/mol. The molecule has 27 heavy (non-hydrogen) atoms. The normalized spacial score (nSPS) is 15.3. The zero-order chi connectivity index (χ0) is 19.4. The lowest BCUT2D eigenvalue weighted by atomic mass is 10.2. The molecule has 138 valence electrons. The number of carbonyl (C=O) groups excluding carboxylic acids is 3. The summed E-state index contributed by atoms with van der Waals surface area (Å²) in [7, 11) is 1.56. The highest BCUT2D eigenvalue weighted by Gasteiger charge is 2.36. The van der Waals surface area contributed by atoms with Crippen LogP contribution < -0.4 is 10.1 Å². The van der Waals surface area contributed by atoms with Gasteiger partial charge in [-0.2, -0.15) is 0 Å². The highest BCUT2D eigenvalue weighted by Crippen LogP contribution is 2.32. The van der Waals surface area contributed by atoms with Gasteiger partial charge in [-0.3, -0.25) is 19.3 Å². The SMILES string of the molecule is COc1ccc(/C=C2\SC(=O)N(CC(=O)Nc3ccc(O)cc3)C2=O)cc1. The van der Waals surface area contributed by atoms with Crippen molar-refractivity contribution in [2.24, 2.45) is 0 Å². The number of ether oxygens (including phenoxy) is 1. The van der Waals surface area contributed by atoms with Crippen LogP contribution in [0.4, 0.5) is 10.5 Å². The highest BCUT2D eigenvalue weighted by atomic mass is 32.2. The molecule has 2 aromatic carbocycles. The van der Waals surface area contributed by atoms with Gasteiger partial charge in [-0.05, 0) is 59.8 Å². The number of thioether (sulfide) groups is 1. The van der Waals surface area contributed by atoms with Crippen LogP contribution >= 0.6 is 11.8 Å². The number of hydrogen-bond acceptors (Lipinski definition) is 6. The van der Waals surface area contributed by atoms with E-state index >= 15 is 0 Å². The number of methoxy groups -OCH3 is 1. The molecular weight excluding hydrogens is 368 g/mol. The Morgan fingerprint density at radius 2 is 1.81 bits per heavy atom. The van der Waals surface area contributed by atoms with E-state index < -0.39 is 17.1 Å². The van der Waals surface area contributed by atoms with Gasteiger partial charge < -0.3 is 15.2 Å². The molecule has 0 radical (unpaired) electrons. The molecule has 0 bridgehead atoms. The van der Waals surface area contributed by atoms with E-state index in [4.69, 9.17) is 4.74 Å². The van der Waals surface area contributed by atoms with E-state index in [0.29, 0.717) is 11.4 Å². The van der Waals surface area contributed by atoms with Crippen LogP contribution in [-0.2, 0) is 9.59 Å². The molecule has 1 aliphatic heterocycles. The second kappa shape index (κ2) is 7.96. The molecule has 8 heteroatoms. The van der Waals surface area contributed by atoms with Crippen LogP contribution in [0.25, 0.3) is 6.08 Å². The van der Waals surface area contributed by atoms with E-state index in [1.807, 2.05) is 0 Å². The van der Waals surface area contributed by atoms with E-state index in [-0.39, 0.29) is 17.2 Å². The smallest absolute Gasteiger partial charge is 0.294 e. The number of carbonyl (C=O) groups is 3. The summed E-state index contributed by atoms with van der Waals surface area (Å²) >= 11 is 0.791. The Morgan fingerprint density at radius 3 is 2.44 bits per heavy atom. The Balaban J connectivity index is 1.67. The third-order valence-electron chi connectivity index (χ3n) is 3.74.